The molecule has 0 saturated carbocycles. The van der Waals surface area contributed by atoms with Gasteiger partial charge in [-0.2, -0.15) is 0 Å². The number of nitro benzene ring substituents is 1. The topological polar surface area (TPSA) is 52.4 Å². The molecule has 0 saturated heterocycles. The number of nitrogens with zero attached hydrogens (tertiary/aromatic N) is 1. The first-order valence-corrected chi connectivity index (χ1v) is 6.84. The quantitative estimate of drug-likeness (QED) is 0.435. The summed E-state index contributed by atoms with van der Waals surface area (Å²) in [4.78, 5) is 10.1. The van der Waals surface area contributed by atoms with Crippen LogP contribution in [-0.2, 0) is 0 Å². The van der Waals surface area contributed by atoms with Crippen molar-refractivity contribution in [1.29, 1.82) is 0 Å². The second-order valence-electron chi connectivity index (χ2n) is 3.97. The fourth-order valence-corrected chi connectivity index (χ4v) is 2.11. The number of nitro groups is 1. The van der Waals surface area contributed by atoms with Gasteiger partial charge in [0.15, 0.2) is 5.82 Å². The van der Waals surface area contributed by atoms with Gasteiger partial charge in [0.05, 0.1) is 11.5 Å². The Morgan fingerprint density at radius 1 is 1.56 bits per heavy atom. The van der Waals surface area contributed by atoms with E-state index in [1.54, 1.807) is 0 Å². The van der Waals surface area contributed by atoms with Crippen molar-refractivity contribution in [3.8, 4) is 5.75 Å². The highest BCUT2D eigenvalue weighted by molar-refractivity contribution is 9.09. The van der Waals surface area contributed by atoms with E-state index >= 15 is 0 Å². The molecule has 1 aromatic rings. The van der Waals surface area contributed by atoms with Crippen molar-refractivity contribution in [3.63, 3.8) is 0 Å². The van der Waals surface area contributed by atoms with Gasteiger partial charge in [0, 0.05) is 17.3 Å². The van der Waals surface area contributed by atoms with E-state index in [2.05, 4.69) is 15.9 Å². The molecule has 18 heavy (non-hydrogen) atoms. The lowest BCUT2D eigenvalue weighted by Gasteiger charge is -2.14. The highest BCUT2D eigenvalue weighted by atomic mass is 79.9. The van der Waals surface area contributed by atoms with Gasteiger partial charge in [-0.1, -0.05) is 35.3 Å². The highest BCUT2D eigenvalue weighted by Crippen LogP contribution is 2.30. The van der Waals surface area contributed by atoms with E-state index in [9.17, 15) is 14.5 Å². The van der Waals surface area contributed by atoms with Gasteiger partial charge in [0.25, 0.3) is 0 Å². The molecule has 6 heteroatoms. The van der Waals surface area contributed by atoms with E-state index in [4.69, 9.17) is 4.74 Å². The molecule has 1 atom stereocenters. The minimum atomic E-state index is -0.700. The fourth-order valence-electron chi connectivity index (χ4n) is 1.60. The minimum absolute atomic E-state index is 0.217. The van der Waals surface area contributed by atoms with Crippen molar-refractivity contribution < 1.29 is 14.1 Å². The van der Waals surface area contributed by atoms with Crippen LogP contribution in [0, 0.1) is 21.8 Å². The molecular weight excluding hydrogens is 305 g/mol. The second-order valence-corrected chi connectivity index (χ2v) is 4.61. The van der Waals surface area contributed by atoms with Crippen LogP contribution < -0.4 is 4.74 Å². The summed E-state index contributed by atoms with van der Waals surface area (Å²) in [5.74, 6) is -0.757. The Morgan fingerprint density at radius 2 is 2.28 bits per heavy atom. The van der Waals surface area contributed by atoms with Crippen molar-refractivity contribution >= 4 is 21.6 Å². The molecule has 1 unspecified atom stereocenters. The van der Waals surface area contributed by atoms with Gasteiger partial charge in [-0.3, -0.25) is 10.1 Å². The first-order chi connectivity index (χ1) is 8.60. The minimum Gasteiger partial charge on any atom is -0.484 e. The predicted octanol–water partition coefficient (Wildman–Crippen LogP) is 3.92. The van der Waals surface area contributed by atoms with Crippen LogP contribution in [0.4, 0.5) is 10.1 Å². The monoisotopic (exact) mass is 319 g/mol. The van der Waals surface area contributed by atoms with Crippen LogP contribution in [0.3, 0.4) is 0 Å². The molecule has 100 valence electrons. The van der Waals surface area contributed by atoms with Gasteiger partial charge in [0.2, 0.25) is 5.75 Å². The summed E-state index contributed by atoms with van der Waals surface area (Å²) in [6.45, 7) is 2.31. The van der Waals surface area contributed by atoms with Gasteiger partial charge in [-0.25, -0.2) is 4.39 Å². The first kappa shape index (κ1) is 14.9. The van der Waals surface area contributed by atoms with E-state index < -0.39 is 10.7 Å². The number of rotatable bonds is 7. The van der Waals surface area contributed by atoms with E-state index in [0.29, 0.717) is 0 Å². The summed E-state index contributed by atoms with van der Waals surface area (Å²) >= 11 is 3.35. The number of benzene rings is 1. The van der Waals surface area contributed by atoms with Gasteiger partial charge in [-0.05, 0) is 12.5 Å². The molecule has 1 rings (SSSR count). The second kappa shape index (κ2) is 7.31. The smallest absolute Gasteiger partial charge is 0.314 e. The van der Waals surface area contributed by atoms with Crippen LogP contribution >= 0.6 is 15.9 Å². The summed E-state index contributed by atoms with van der Waals surface area (Å²) in [6.07, 6.45) is 1.91. The molecule has 0 aliphatic heterocycles. The molecule has 0 fully saturated rings. The predicted molar refractivity (Wildman–Crippen MR) is 70.7 cm³/mol. The van der Waals surface area contributed by atoms with Crippen molar-refractivity contribution in [3.05, 3.63) is 34.1 Å². The third kappa shape index (κ3) is 3.94. The molecule has 0 N–H and O–H groups in total. The third-order valence-corrected chi connectivity index (χ3v) is 3.44. The summed E-state index contributed by atoms with van der Waals surface area (Å²) in [5.41, 5.74) is -0.333. The zero-order valence-electron chi connectivity index (χ0n) is 10.1. The molecule has 1 aromatic carbocycles. The standard InChI is InChI=1S/C12H15BrFNO3/c1-2-4-9(7-13)8-18-12-10(14)5-3-6-11(12)15(16)17/h3,5-6,9H,2,4,7-8H2,1H3. The summed E-state index contributed by atoms with van der Waals surface area (Å²) in [7, 11) is 0. The molecule has 0 amide bonds. The number of ether oxygens (including phenoxy) is 1. The zero-order chi connectivity index (χ0) is 13.5. The molecule has 4 nitrogen and oxygen atoms in total. The zero-order valence-corrected chi connectivity index (χ0v) is 11.7. The van der Waals surface area contributed by atoms with E-state index in [1.165, 1.54) is 12.1 Å². The average molecular weight is 320 g/mol. The van der Waals surface area contributed by atoms with Crippen LogP contribution in [0.25, 0.3) is 0 Å². The van der Waals surface area contributed by atoms with Crippen LogP contribution in [0.2, 0.25) is 0 Å². The van der Waals surface area contributed by atoms with E-state index in [1.807, 2.05) is 6.92 Å². The lowest BCUT2D eigenvalue weighted by molar-refractivity contribution is -0.386. The van der Waals surface area contributed by atoms with E-state index in [-0.39, 0.29) is 24.0 Å². The van der Waals surface area contributed by atoms with Crippen LogP contribution in [0.1, 0.15) is 19.8 Å². The number of halogens is 2. The normalized spacial score (nSPS) is 12.2. The molecule has 0 spiro atoms. The Bertz CT molecular complexity index is 414. The van der Waals surface area contributed by atoms with Crippen LogP contribution in [0.5, 0.6) is 5.75 Å². The molecule has 0 heterocycles. The third-order valence-electron chi connectivity index (χ3n) is 2.52. The SMILES string of the molecule is CCCC(CBr)COc1c(F)cccc1[N+](=O)[O-]. The number of para-hydroxylation sites is 1. The molecule has 0 bridgehead atoms. The number of hydrogen-bond acceptors (Lipinski definition) is 3. The van der Waals surface area contributed by atoms with Crippen molar-refractivity contribution in [2.24, 2.45) is 5.92 Å². The Hall–Kier alpha value is -1.17. The van der Waals surface area contributed by atoms with Crippen LogP contribution in [-0.4, -0.2) is 16.9 Å². The van der Waals surface area contributed by atoms with Gasteiger partial charge in [0.1, 0.15) is 0 Å². The Labute approximate surface area is 113 Å². The summed E-state index contributed by atoms with van der Waals surface area (Å²) in [5, 5.41) is 11.5. The molecular formula is C12H15BrFNO3. The summed E-state index contributed by atoms with van der Waals surface area (Å²) in [6, 6.07) is 3.70. The van der Waals surface area contributed by atoms with Gasteiger partial charge in [-0.15, -0.1) is 0 Å². The average Bonchev–Trinajstić information content (AvgIpc) is 2.35. The molecule has 0 aliphatic carbocycles. The maximum absolute atomic E-state index is 13.5. The molecule has 0 radical (unpaired) electrons. The maximum Gasteiger partial charge on any atom is 0.314 e. The summed E-state index contributed by atoms with van der Waals surface area (Å²) < 4.78 is 18.8. The highest BCUT2D eigenvalue weighted by Gasteiger charge is 2.20. The Kier molecular flexibility index (Phi) is 6.04. The van der Waals surface area contributed by atoms with Gasteiger partial charge < -0.3 is 4.74 Å². The van der Waals surface area contributed by atoms with E-state index in [0.717, 1.165) is 24.2 Å². The molecule has 0 aromatic heterocycles. The molecule has 0 aliphatic rings. The Morgan fingerprint density at radius 3 is 2.83 bits per heavy atom. The van der Waals surface area contributed by atoms with Crippen molar-refractivity contribution in [1.82, 2.24) is 0 Å². The van der Waals surface area contributed by atoms with Gasteiger partial charge >= 0.3 is 5.69 Å². The van der Waals surface area contributed by atoms with Crippen LogP contribution in [0.15, 0.2) is 18.2 Å². The largest absolute Gasteiger partial charge is 0.484 e. The lowest BCUT2D eigenvalue weighted by atomic mass is 10.1. The Balaban J connectivity index is 2.80. The fraction of sp³-hybridized carbons (Fsp3) is 0.500. The number of alkyl halides is 1. The number of hydrogen-bond donors (Lipinski definition) is 0. The maximum atomic E-state index is 13.5. The lowest BCUT2D eigenvalue weighted by Crippen LogP contribution is -2.14. The first-order valence-electron chi connectivity index (χ1n) is 5.71. The van der Waals surface area contributed by atoms with Crippen molar-refractivity contribution in [2.45, 2.75) is 19.8 Å². The van der Waals surface area contributed by atoms with Crippen molar-refractivity contribution in [2.75, 3.05) is 11.9 Å².